The Bertz CT molecular complexity index is 582. The Kier molecular flexibility index (Phi) is 3.97. The molecule has 3 rings (SSSR count). The van der Waals surface area contributed by atoms with E-state index in [1.807, 2.05) is 24.7 Å². The zero-order valence-corrected chi connectivity index (χ0v) is 12.8. The summed E-state index contributed by atoms with van der Waals surface area (Å²) in [5.41, 5.74) is 2.85. The third-order valence-corrected chi connectivity index (χ3v) is 4.55. The summed E-state index contributed by atoms with van der Waals surface area (Å²) in [7, 11) is 1.70. The summed E-state index contributed by atoms with van der Waals surface area (Å²) in [6.45, 7) is 5.39. The van der Waals surface area contributed by atoms with Crippen LogP contribution in [0, 0.1) is 0 Å². The SMILES string of the molecule is COc1ccc(Cn2cncc2C2(C)CCNCC2)cc1. The molecule has 0 spiro atoms. The molecule has 1 aromatic heterocycles. The Labute approximate surface area is 126 Å². The molecule has 2 heterocycles. The lowest BCUT2D eigenvalue weighted by atomic mass is 9.78. The Morgan fingerprint density at radius 2 is 1.95 bits per heavy atom. The van der Waals surface area contributed by atoms with Gasteiger partial charge in [0.1, 0.15) is 5.75 Å². The Hall–Kier alpha value is -1.81. The fourth-order valence-corrected chi connectivity index (χ4v) is 3.11. The Balaban J connectivity index is 1.81. The lowest BCUT2D eigenvalue weighted by Gasteiger charge is -2.34. The number of hydrogen-bond donors (Lipinski definition) is 1. The van der Waals surface area contributed by atoms with Gasteiger partial charge in [0.15, 0.2) is 0 Å². The van der Waals surface area contributed by atoms with Crippen molar-refractivity contribution in [2.24, 2.45) is 0 Å². The molecular weight excluding hydrogens is 262 g/mol. The minimum Gasteiger partial charge on any atom is -0.497 e. The van der Waals surface area contributed by atoms with Gasteiger partial charge in [0.05, 0.1) is 13.4 Å². The van der Waals surface area contributed by atoms with Crippen molar-refractivity contribution in [1.29, 1.82) is 0 Å². The van der Waals surface area contributed by atoms with Crippen LogP contribution in [0.15, 0.2) is 36.8 Å². The molecule has 1 N–H and O–H groups in total. The number of ether oxygens (including phenoxy) is 1. The second-order valence-corrected chi connectivity index (χ2v) is 6.07. The minimum atomic E-state index is 0.230. The van der Waals surface area contributed by atoms with E-state index in [1.54, 1.807) is 7.11 Å². The lowest BCUT2D eigenvalue weighted by molar-refractivity contribution is 0.318. The molecule has 21 heavy (non-hydrogen) atoms. The molecule has 1 fully saturated rings. The summed E-state index contributed by atoms with van der Waals surface area (Å²) in [5, 5.41) is 3.44. The molecule has 4 nitrogen and oxygen atoms in total. The van der Waals surface area contributed by atoms with Crippen molar-refractivity contribution in [2.75, 3.05) is 20.2 Å². The van der Waals surface area contributed by atoms with Crippen LogP contribution >= 0.6 is 0 Å². The first-order valence-corrected chi connectivity index (χ1v) is 7.55. The standard InChI is InChI=1S/C17H23N3O/c1-17(7-9-18-10-8-17)16-11-19-13-20(16)12-14-3-5-15(21-2)6-4-14/h3-6,11,13,18H,7-10,12H2,1-2H3. The molecule has 0 aliphatic carbocycles. The summed E-state index contributed by atoms with van der Waals surface area (Å²) >= 11 is 0. The van der Waals surface area contributed by atoms with Crippen LogP contribution in [0.5, 0.6) is 5.75 Å². The van der Waals surface area contributed by atoms with E-state index in [-0.39, 0.29) is 5.41 Å². The molecule has 112 valence electrons. The van der Waals surface area contributed by atoms with Crippen LogP contribution in [0.3, 0.4) is 0 Å². The van der Waals surface area contributed by atoms with E-state index < -0.39 is 0 Å². The van der Waals surface area contributed by atoms with Crippen molar-refractivity contribution < 1.29 is 4.74 Å². The Morgan fingerprint density at radius 3 is 2.62 bits per heavy atom. The van der Waals surface area contributed by atoms with Gasteiger partial charge in [-0.1, -0.05) is 19.1 Å². The van der Waals surface area contributed by atoms with Gasteiger partial charge in [-0.15, -0.1) is 0 Å². The molecule has 1 saturated heterocycles. The summed E-state index contributed by atoms with van der Waals surface area (Å²) in [5.74, 6) is 0.898. The zero-order chi connectivity index (χ0) is 14.7. The fourth-order valence-electron chi connectivity index (χ4n) is 3.11. The molecule has 1 aliphatic rings. The Morgan fingerprint density at radius 1 is 1.24 bits per heavy atom. The second-order valence-electron chi connectivity index (χ2n) is 6.07. The highest BCUT2D eigenvalue weighted by Gasteiger charge is 2.31. The molecule has 0 amide bonds. The quantitative estimate of drug-likeness (QED) is 0.938. The number of nitrogens with zero attached hydrogens (tertiary/aromatic N) is 2. The average molecular weight is 285 g/mol. The number of methoxy groups -OCH3 is 1. The maximum atomic E-state index is 5.21. The third kappa shape index (κ3) is 2.95. The highest BCUT2D eigenvalue weighted by atomic mass is 16.5. The van der Waals surface area contributed by atoms with Crippen molar-refractivity contribution in [3.05, 3.63) is 48.0 Å². The van der Waals surface area contributed by atoms with E-state index in [4.69, 9.17) is 4.74 Å². The number of hydrogen-bond acceptors (Lipinski definition) is 3. The molecule has 1 aromatic carbocycles. The van der Waals surface area contributed by atoms with Gasteiger partial charge >= 0.3 is 0 Å². The van der Waals surface area contributed by atoms with Gasteiger partial charge in [0, 0.05) is 23.9 Å². The third-order valence-electron chi connectivity index (χ3n) is 4.55. The molecule has 1 aliphatic heterocycles. The summed E-state index contributed by atoms with van der Waals surface area (Å²) in [4.78, 5) is 4.39. The first-order chi connectivity index (χ1) is 10.2. The topological polar surface area (TPSA) is 39.1 Å². The zero-order valence-electron chi connectivity index (χ0n) is 12.8. The van der Waals surface area contributed by atoms with Gasteiger partial charge in [-0.3, -0.25) is 0 Å². The number of rotatable bonds is 4. The van der Waals surface area contributed by atoms with Crippen LogP contribution in [0.25, 0.3) is 0 Å². The van der Waals surface area contributed by atoms with Crippen LogP contribution in [0.4, 0.5) is 0 Å². The van der Waals surface area contributed by atoms with Crippen molar-refractivity contribution in [3.8, 4) is 5.75 Å². The molecule has 0 atom stereocenters. The normalized spacial score (nSPS) is 17.6. The number of benzene rings is 1. The van der Waals surface area contributed by atoms with Crippen molar-refractivity contribution in [3.63, 3.8) is 0 Å². The van der Waals surface area contributed by atoms with Gasteiger partial charge < -0.3 is 14.6 Å². The van der Waals surface area contributed by atoms with E-state index >= 15 is 0 Å². The van der Waals surface area contributed by atoms with Gasteiger partial charge in [-0.25, -0.2) is 4.98 Å². The lowest BCUT2D eigenvalue weighted by Crippen LogP contribution is -2.39. The van der Waals surface area contributed by atoms with Gasteiger partial charge in [0.25, 0.3) is 0 Å². The minimum absolute atomic E-state index is 0.230. The second kappa shape index (κ2) is 5.90. The predicted molar refractivity (Wildman–Crippen MR) is 83.8 cm³/mol. The van der Waals surface area contributed by atoms with Crippen LogP contribution in [-0.4, -0.2) is 29.8 Å². The fraction of sp³-hybridized carbons (Fsp3) is 0.471. The van der Waals surface area contributed by atoms with E-state index in [1.165, 1.54) is 24.1 Å². The highest BCUT2D eigenvalue weighted by molar-refractivity contribution is 5.28. The molecule has 4 heteroatoms. The van der Waals surface area contributed by atoms with Crippen molar-refractivity contribution in [1.82, 2.24) is 14.9 Å². The maximum Gasteiger partial charge on any atom is 0.118 e. The van der Waals surface area contributed by atoms with Crippen molar-refractivity contribution in [2.45, 2.75) is 31.7 Å². The number of imidazole rings is 1. The summed E-state index contributed by atoms with van der Waals surface area (Å²) in [6, 6.07) is 8.26. The molecule has 0 radical (unpaired) electrons. The number of aromatic nitrogens is 2. The summed E-state index contributed by atoms with van der Waals surface area (Å²) < 4.78 is 7.50. The van der Waals surface area contributed by atoms with Gasteiger partial charge in [-0.05, 0) is 43.6 Å². The monoisotopic (exact) mass is 285 g/mol. The molecular formula is C17H23N3O. The molecule has 0 bridgehead atoms. The number of nitrogens with one attached hydrogen (secondary N) is 1. The first-order valence-electron chi connectivity index (χ1n) is 7.55. The predicted octanol–water partition coefficient (Wildman–Crippen LogP) is 2.58. The first kappa shape index (κ1) is 14.1. The smallest absolute Gasteiger partial charge is 0.118 e. The van der Waals surface area contributed by atoms with E-state index in [9.17, 15) is 0 Å². The number of piperidine rings is 1. The van der Waals surface area contributed by atoms with E-state index in [0.717, 1.165) is 25.4 Å². The highest BCUT2D eigenvalue weighted by Crippen LogP contribution is 2.32. The van der Waals surface area contributed by atoms with Gasteiger partial charge in [0.2, 0.25) is 0 Å². The van der Waals surface area contributed by atoms with Crippen LogP contribution < -0.4 is 10.1 Å². The van der Waals surface area contributed by atoms with E-state index in [0.29, 0.717) is 0 Å². The molecule has 0 unspecified atom stereocenters. The van der Waals surface area contributed by atoms with Crippen molar-refractivity contribution >= 4 is 0 Å². The average Bonchev–Trinajstić information content (AvgIpc) is 2.98. The van der Waals surface area contributed by atoms with Crippen LogP contribution in [-0.2, 0) is 12.0 Å². The van der Waals surface area contributed by atoms with Crippen LogP contribution in [0.2, 0.25) is 0 Å². The van der Waals surface area contributed by atoms with E-state index in [2.05, 4.69) is 33.9 Å². The summed E-state index contributed by atoms with van der Waals surface area (Å²) in [6.07, 6.45) is 6.32. The molecule has 0 saturated carbocycles. The van der Waals surface area contributed by atoms with Crippen LogP contribution in [0.1, 0.15) is 31.0 Å². The molecule has 2 aromatic rings. The maximum absolute atomic E-state index is 5.21. The van der Waals surface area contributed by atoms with Gasteiger partial charge in [-0.2, -0.15) is 0 Å². The largest absolute Gasteiger partial charge is 0.497 e.